The summed E-state index contributed by atoms with van der Waals surface area (Å²) in [5.74, 6) is 0. The summed E-state index contributed by atoms with van der Waals surface area (Å²) in [6.45, 7) is 6.30. The lowest BCUT2D eigenvalue weighted by Crippen LogP contribution is -2.26. The Hall–Kier alpha value is -0.870. The molecule has 80 valence electrons. The van der Waals surface area contributed by atoms with E-state index in [2.05, 4.69) is 16.9 Å². The molecule has 1 rings (SSSR count). The van der Waals surface area contributed by atoms with Gasteiger partial charge in [0, 0.05) is 31.4 Å². The van der Waals surface area contributed by atoms with E-state index < -0.39 is 0 Å². The van der Waals surface area contributed by atoms with Gasteiger partial charge in [0.2, 0.25) is 0 Å². The van der Waals surface area contributed by atoms with Gasteiger partial charge in [0.1, 0.15) is 0 Å². The Balaban J connectivity index is 2.43. The van der Waals surface area contributed by atoms with Gasteiger partial charge in [-0.1, -0.05) is 0 Å². The van der Waals surface area contributed by atoms with E-state index in [1.165, 1.54) is 5.56 Å². The van der Waals surface area contributed by atoms with Crippen LogP contribution in [0.3, 0.4) is 0 Å². The van der Waals surface area contributed by atoms with Crippen LogP contribution in [0.5, 0.6) is 0 Å². The maximum atomic E-state index is 9.19. The second-order valence-corrected chi connectivity index (χ2v) is 3.75. The standard InChI is InChI=1S/C10H19N3O/c1-4-13-8-10(5-11-13)7-12(3)6-9(2)14/h5,8-9,14H,4,6-7H2,1-3H3. The Morgan fingerprint density at radius 1 is 1.64 bits per heavy atom. The summed E-state index contributed by atoms with van der Waals surface area (Å²) in [7, 11) is 2.00. The maximum absolute atomic E-state index is 9.19. The highest BCUT2D eigenvalue weighted by molar-refractivity contribution is 5.03. The van der Waals surface area contributed by atoms with E-state index in [0.717, 1.165) is 13.1 Å². The Morgan fingerprint density at radius 3 is 2.86 bits per heavy atom. The van der Waals surface area contributed by atoms with Gasteiger partial charge in [-0.05, 0) is 20.9 Å². The van der Waals surface area contributed by atoms with E-state index in [4.69, 9.17) is 0 Å². The van der Waals surface area contributed by atoms with Crippen molar-refractivity contribution in [1.82, 2.24) is 14.7 Å². The molecule has 1 aromatic rings. The van der Waals surface area contributed by atoms with Crippen molar-refractivity contribution in [3.63, 3.8) is 0 Å². The molecule has 0 aromatic carbocycles. The quantitative estimate of drug-likeness (QED) is 0.756. The van der Waals surface area contributed by atoms with E-state index in [0.29, 0.717) is 6.54 Å². The van der Waals surface area contributed by atoms with Crippen molar-refractivity contribution in [3.05, 3.63) is 18.0 Å². The van der Waals surface area contributed by atoms with Gasteiger partial charge in [0.25, 0.3) is 0 Å². The molecule has 0 fully saturated rings. The Kier molecular flexibility index (Phi) is 4.10. The van der Waals surface area contributed by atoms with Crippen LogP contribution in [0.2, 0.25) is 0 Å². The van der Waals surface area contributed by atoms with E-state index in [1.807, 2.05) is 24.1 Å². The molecule has 0 amide bonds. The van der Waals surface area contributed by atoms with Crippen LogP contribution in [0.15, 0.2) is 12.4 Å². The molecule has 0 radical (unpaired) electrons. The van der Waals surface area contributed by atoms with Crippen LogP contribution in [-0.4, -0.2) is 39.5 Å². The lowest BCUT2D eigenvalue weighted by molar-refractivity contribution is 0.138. The predicted octanol–water partition coefficient (Wildman–Crippen LogP) is 0.716. The van der Waals surface area contributed by atoms with Gasteiger partial charge in [-0.2, -0.15) is 5.10 Å². The van der Waals surface area contributed by atoms with E-state index in [1.54, 1.807) is 6.92 Å². The fourth-order valence-electron chi connectivity index (χ4n) is 1.49. The summed E-state index contributed by atoms with van der Waals surface area (Å²) in [6, 6.07) is 0. The number of aryl methyl sites for hydroxylation is 1. The molecule has 0 aliphatic carbocycles. The molecule has 1 heterocycles. The first-order valence-electron chi connectivity index (χ1n) is 4.99. The summed E-state index contributed by atoms with van der Waals surface area (Å²) in [5.41, 5.74) is 1.19. The number of nitrogens with zero attached hydrogens (tertiary/aromatic N) is 3. The van der Waals surface area contributed by atoms with Crippen LogP contribution >= 0.6 is 0 Å². The highest BCUT2D eigenvalue weighted by atomic mass is 16.3. The molecule has 1 N–H and O–H groups in total. The minimum Gasteiger partial charge on any atom is -0.392 e. The summed E-state index contributed by atoms with van der Waals surface area (Å²) in [5, 5.41) is 13.4. The van der Waals surface area contributed by atoms with Crippen molar-refractivity contribution in [2.24, 2.45) is 0 Å². The van der Waals surface area contributed by atoms with E-state index in [9.17, 15) is 5.11 Å². The summed E-state index contributed by atoms with van der Waals surface area (Å²) < 4.78 is 1.91. The van der Waals surface area contributed by atoms with Crippen LogP contribution in [0.4, 0.5) is 0 Å². The molecule has 0 aliphatic heterocycles. The van der Waals surface area contributed by atoms with Gasteiger partial charge in [-0.15, -0.1) is 0 Å². The van der Waals surface area contributed by atoms with Crippen molar-refractivity contribution >= 4 is 0 Å². The second kappa shape index (κ2) is 5.12. The predicted molar refractivity (Wildman–Crippen MR) is 55.9 cm³/mol. The topological polar surface area (TPSA) is 41.3 Å². The average Bonchev–Trinajstić information content (AvgIpc) is 2.50. The van der Waals surface area contributed by atoms with Gasteiger partial charge in [-0.25, -0.2) is 0 Å². The smallest absolute Gasteiger partial charge is 0.0639 e. The molecule has 0 saturated carbocycles. The summed E-state index contributed by atoms with van der Waals surface area (Å²) in [6.07, 6.45) is 3.64. The minimum absolute atomic E-state index is 0.277. The minimum atomic E-state index is -0.277. The SMILES string of the molecule is CCn1cc(CN(C)CC(C)O)cn1. The first-order chi connectivity index (χ1) is 6.61. The van der Waals surface area contributed by atoms with Crippen molar-refractivity contribution in [2.45, 2.75) is 33.0 Å². The first kappa shape index (κ1) is 11.2. The largest absolute Gasteiger partial charge is 0.392 e. The summed E-state index contributed by atoms with van der Waals surface area (Å²) >= 11 is 0. The summed E-state index contributed by atoms with van der Waals surface area (Å²) in [4.78, 5) is 2.08. The normalized spacial score (nSPS) is 13.5. The van der Waals surface area contributed by atoms with Gasteiger partial charge in [0.15, 0.2) is 0 Å². The number of aromatic nitrogens is 2. The molecule has 1 unspecified atom stereocenters. The Labute approximate surface area is 85.1 Å². The first-order valence-corrected chi connectivity index (χ1v) is 4.99. The lowest BCUT2D eigenvalue weighted by atomic mass is 10.3. The van der Waals surface area contributed by atoms with Crippen LogP contribution in [0.25, 0.3) is 0 Å². The number of likely N-dealkylation sites (N-methyl/N-ethyl adjacent to an activating group) is 1. The van der Waals surface area contributed by atoms with Crippen LogP contribution < -0.4 is 0 Å². The monoisotopic (exact) mass is 197 g/mol. The van der Waals surface area contributed by atoms with Crippen LogP contribution in [-0.2, 0) is 13.1 Å². The van der Waals surface area contributed by atoms with Crippen LogP contribution in [0.1, 0.15) is 19.4 Å². The average molecular weight is 197 g/mol. The van der Waals surface area contributed by atoms with E-state index in [-0.39, 0.29) is 6.10 Å². The van der Waals surface area contributed by atoms with Crippen molar-refractivity contribution in [2.75, 3.05) is 13.6 Å². The Bertz CT molecular complexity index is 270. The van der Waals surface area contributed by atoms with Crippen molar-refractivity contribution in [1.29, 1.82) is 0 Å². The lowest BCUT2D eigenvalue weighted by Gasteiger charge is -2.16. The van der Waals surface area contributed by atoms with Gasteiger partial charge >= 0.3 is 0 Å². The highest BCUT2D eigenvalue weighted by Crippen LogP contribution is 2.02. The third kappa shape index (κ3) is 3.47. The molecule has 0 spiro atoms. The zero-order valence-electron chi connectivity index (χ0n) is 9.14. The number of hydrogen-bond donors (Lipinski definition) is 1. The molecule has 1 aromatic heterocycles. The third-order valence-corrected chi connectivity index (χ3v) is 2.04. The van der Waals surface area contributed by atoms with Gasteiger partial charge < -0.3 is 5.11 Å². The second-order valence-electron chi connectivity index (χ2n) is 3.75. The zero-order chi connectivity index (χ0) is 10.6. The highest BCUT2D eigenvalue weighted by Gasteiger charge is 2.05. The molecule has 0 aliphatic rings. The number of aliphatic hydroxyl groups excluding tert-OH is 1. The number of aliphatic hydroxyl groups is 1. The molecule has 0 bridgehead atoms. The molecule has 4 nitrogen and oxygen atoms in total. The molecule has 14 heavy (non-hydrogen) atoms. The number of hydrogen-bond acceptors (Lipinski definition) is 3. The molecule has 0 saturated heterocycles. The fraction of sp³-hybridized carbons (Fsp3) is 0.700. The Morgan fingerprint density at radius 2 is 2.36 bits per heavy atom. The van der Waals surface area contributed by atoms with Gasteiger partial charge in [0.05, 0.1) is 12.3 Å². The van der Waals surface area contributed by atoms with Gasteiger partial charge in [-0.3, -0.25) is 9.58 Å². The van der Waals surface area contributed by atoms with Crippen LogP contribution in [0, 0.1) is 0 Å². The maximum Gasteiger partial charge on any atom is 0.0639 e. The molecular formula is C10H19N3O. The molecular weight excluding hydrogens is 178 g/mol. The third-order valence-electron chi connectivity index (χ3n) is 2.04. The molecule has 1 atom stereocenters. The fourth-order valence-corrected chi connectivity index (χ4v) is 1.49. The van der Waals surface area contributed by atoms with Crippen molar-refractivity contribution < 1.29 is 5.11 Å². The van der Waals surface area contributed by atoms with Crippen molar-refractivity contribution in [3.8, 4) is 0 Å². The zero-order valence-corrected chi connectivity index (χ0v) is 9.14. The molecule has 4 heteroatoms. The van der Waals surface area contributed by atoms with E-state index >= 15 is 0 Å². The number of rotatable bonds is 5.